The zero-order valence-corrected chi connectivity index (χ0v) is 16.6. The van der Waals surface area contributed by atoms with Gasteiger partial charge in [0.1, 0.15) is 0 Å². The zero-order chi connectivity index (χ0) is 19.1. The van der Waals surface area contributed by atoms with Crippen molar-refractivity contribution in [2.24, 2.45) is 5.92 Å². The highest BCUT2D eigenvalue weighted by atomic mass is 16.5. The number of rotatable bonds is 8. The van der Waals surface area contributed by atoms with Crippen molar-refractivity contribution in [3.8, 4) is 11.5 Å². The molecular weight excluding hydrogens is 338 g/mol. The predicted molar refractivity (Wildman–Crippen MR) is 109 cm³/mol. The summed E-state index contributed by atoms with van der Waals surface area (Å²) in [7, 11) is 1.69. The van der Waals surface area contributed by atoms with Gasteiger partial charge in [0.25, 0.3) is 0 Å². The first kappa shape index (κ1) is 19.5. The maximum atomic E-state index is 5.94. The second kappa shape index (κ2) is 9.60. The first-order chi connectivity index (χ1) is 13.1. The van der Waals surface area contributed by atoms with Gasteiger partial charge in [0.15, 0.2) is 11.5 Å². The largest absolute Gasteiger partial charge is 0.493 e. The normalized spacial score (nSPS) is 15.7. The maximum absolute atomic E-state index is 5.94. The lowest BCUT2D eigenvalue weighted by molar-refractivity contribution is 0.210. The van der Waals surface area contributed by atoms with Crippen molar-refractivity contribution in [3.05, 3.63) is 48.3 Å². The average molecular weight is 370 g/mol. The Morgan fingerprint density at radius 1 is 1.19 bits per heavy atom. The molecule has 1 aliphatic rings. The number of anilines is 1. The molecule has 1 saturated heterocycles. The topological polar surface area (TPSA) is 46.6 Å². The van der Waals surface area contributed by atoms with Gasteiger partial charge in [0, 0.05) is 38.1 Å². The van der Waals surface area contributed by atoms with Crippen LogP contribution in [0.4, 0.5) is 5.69 Å². The third kappa shape index (κ3) is 5.86. The van der Waals surface area contributed by atoms with Crippen LogP contribution in [0.5, 0.6) is 11.5 Å². The minimum Gasteiger partial charge on any atom is -0.493 e. The highest BCUT2D eigenvalue weighted by Crippen LogP contribution is 2.29. The van der Waals surface area contributed by atoms with E-state index in [1.165, 1.54) is 5.56 Å². The molecule has 0 unspecified atom stereocenters. The van der Waals surface area contributed by atoms with E-state index in [2.05, 4.69) is 47.2 Å². The van der Waals surface area contributed by atoms with Crippen molar-refractivity contribution in [1.82, 2.24) is 9.88 Å². The van der Waals surface area contributed by atoms with Crippen LogP contribution in [0.25, 0.3) is 0 Å². The molecule has 2 heterocycles. The number of likely N-dealkylation sites (tertiary alicyclic amines) is 1. The van der Waals surface area contributed by atoms with Crippen LogP contribution in [-0.2, 0) is 6.54 Å². The van der Waals surface area contributed by atoms with E-state index in [-0.39, 0.29) is 0 Å². The number of methoxy groups -OCH3 is 1. The maximum Gasteiger partial charge on any atom is 0.161 e. The number of hydrogen-bond donors (Lipinski definition) is 1. The van der Waals surface area contributed by atoms with E-state index in [4.69, 9.17) is 9.47 Å². The summed E-state index contributed by atoms with van der Waals surface area (Å²) in [6.45, 7) is 8.13. The minimum atomic E-state index is 0.490. The van der Waals surface area contributed by atoms with E-state index >= 15 is 0 Å². The number of piperidine rings is 1. The summed E-state index contributed by atoms with van der Waals surface area (Å²) in [5.74, 6) is 2.14. The molecule has 0 aliphatic carbocycles. The smallest absolute Gasteiger partial charge is 0.161 e. The van der Waals surface area contributed by atoms with Crippen molar-refractivity contribution >= 4 is 5.69 Å². The third-order valence-corrected chi connectivity index (χ3v) is 4.83. The van der Waals surface area contributed by atoms with Crippen molar-refractivity contribution in [3.63, 3.8) is 0 Å². The van der Waals surface area contributed by atoms with Crippen molar-refractivity contribution in [2.75, 3.05) is 32.1 Å². The van der Waals surface area contributed by atoms with Gasteiger partial charge in [-0.05, 0) is 48.6 Å². The molecular formula is C22H31N3O2. The molecule has 27 heavy (non-hydrogen) atoms. The molecule has 2 aromatic rings. The molecule has 0 amide bonds. The summed E-state index contributed by atoms with van der Waals surface area (Å²) < 4.78 is 11.4. The molecule has 0 saturated carbocycles. The van der Waals surface area contributed by atoms with Crippen molar-refractivity contribution in [2.45, 2.75) is 39.3 Å². The molecule has 0 bridgehead atoms. The fourth-order valence-electron chi connectivity index (χ4n) is 3.37. The molecule has 0 radical (unpaired) electrons. The molecule has 0 atom stereocenters. The van der Waals surface area contributed by atoms with Crippen LogP contribution in [0.2, 0.25) is 0 Å². The fraction of sp³-hybridized carbons (Fsp3) is 0.500. The summed E-state index contributed by atoms with van der Waals surface area (Å²) in [4.78, 5) is 6.68. The predicted octanol–water partition coefficient (Wildman–Crippen LogP) is 4.20. The van der Waals surface area contributed by atoms with Crippen molar-refractivity contribution < 1.29 is 9.47 Å². The Bertz CT molecular complexity index is 698. The Balaban J connectivity index is 1.53. The number of nitrogens with one attached hydrogen (secondary N) is 1. The fourth-order valence-corrected chi connectivity index (χ4v) is 3.37. The van der Waals surface area contributed by atoms with E-state index in [9.17, 15) is 0 Å². The zero-order valence-electron chi connectivity index (χ0n) is 16.6. The van der Waals surface area contributed by atoms with Gasteiger partial charge in [-0.2, -0.15) is 0 Å². The van der Waals surface area contributed by atoms with E-state index in [0.717, 1.165) is 49.7 Å². The summed E-state index contributed by atoms with van der Waals surface area (Å²) in [5, 5.41) is 3.59. The van der Waals surface area contributed by atoms with Crippen LogP contribution in [0.1, 0.15) is 32.3 Å². The number of benzene rings is 1. The van der Waals surface area contributed by atoms with Crippen molar-refractivity contribution in [1.29, 1.82) is 0 Å². The second-order valence-electron chi connectivity index (χ2n) is 7.63. The average Bonchev–Trinajstić information content (AvgIpc) is 2.69. The molecule has 1 aliphatic heterocycles. The molecule has 1 aromatic carbocycles. The van der Waals surface area contributed by atoms with Gasteiger partial charge in [0.05, 0.1) is 19.4 Å². The molecule has 5 nitrogen and oxygen atoms in total. The first-order valence-corrected chi connectivity index (χ1v) is 9.82. The van der Waals surface area contributed by atoms with Gasteiger partial charge < -0.3 is 14.8 Å². The summed E-state index contributed by atoms with van der Waals surface area (Å²) in [6.07, 6.45) is 5.98. The van der Waals surface area contributed by atoms with Gasteiger partial charge in [-0.15, -0.1) is 0 Å². The van der Waals surface area contributed by atoms with Gasteiger partial charge in [-0.25, -0.2) is 0 Å². The quantitative estimate of drug-likeness (QED) is 0.755. The lowest BCUT2D eigenvalue weighted by Crippen LogP contribution is -2.38. The minimum absolute atomic E-state index is 0.490. The second-order valence-corrected chi connectivity index (χ2v) is 7.63. The molecule has 146 valence electrons. The van der Waals surface area contributed by atoms with Crippen LogP contribution in [0.15, 0.2) is 42.7 Å². The van der Waals surface area contributed by atoms with E-state index in [1.54, 1.807) is 7.11 Å². The molecule has 1 N–H and O–H groups in total. The van der Waals surface area contributed by atoms with Gasteiger partial charge >= 0.3 is 0 Å². The van der Waals surface area contributed by atoms with Crippen LogP contribution in [0.3, 0.4) is 0 Å². The Labute approximate surface area is 162 Å². The lowest BCUT2D eigenvalue weighted by Gasteiger charge is -2.33. The SMILES string of the molecule is COc1ccc(CN2CCC(Nc3cccnc3)CC2)cc1OCC(C)C. The highest BCUT2D eigenvalue weighted by Gasteiger charge is 2.19. The number of ether oxygens (including phenoxy) is 2. The van der Waals surface area contributed by atoms with Crippen LogP contribution in [0, 0.1) is 5.92 Å². The highest BCUT2D eigenvalue weighted by molar-refractivity contribution is 5.43. The molecule has 0 spiro atoms. The molecule has 5 heteroatoms. The van der Waals surface area contributed by atoms with E-state index in [1.807, 2.05) is 24.5 Å². The Morgan fingerprint density at radius 3 is 2.67 bits per heavy atom. The van der Waals surface area contributed by atoms with Gasteiger partial charge in [0.2, 0.25) is 0 Å². The monoisotopic (exact) mass is 369 g/mol. The van der Waals surface area contributed by atoms with E-state index < -0.39 is 0 Å². The number of hydrogen-bond acceptors (Lipinski definition) is 5. The standard InChI is InChI=1S/C22H31N3O2/c1-17(2)16-27-22-13-18(6-7-21(22)26-3)15-25-11-8-19(9-12-25)24-20-5-4-10-23-14-20/h4-7,10,13-14,17,19,24H,8-9,11-12,15-16H2,1-3H3. The number of pyridine rings is 1. The lowest BCUT2D eigenvalue weighted by atomic mass is 10.0. The van der Waals surface area contributed by atoms with Crippen LogP contribution in [-0.4, -0.2) is 42.7 Å². The molecule has 3 rings (SSSR count). The number of nitrogens with zero attached hydrogens (tertiary/aromatic N) is 2. The summed E-state index contributed by atoms with van der Waals surface area (Å²) in [5.41, 5.74) is 2.38. The first-order valence-electron chi connectivity index (χ1n) is 9.82. The summed E-state index contributed by atoms with van der Waals surface area (Å²) in [6, 6.07) is 10.9. The molecule has 1 aromatic heterocycles. The Hall–Kier alpha value is -2.27. The third-order valence-electron chi connectivity index (χ3n) is 4.83. The van der Waals surface area contributed by atoms with Gasteiger partial charge in [-0.3, -0.25) is 9.88 Å². The number of aromatic nitrogens is 1. The van der Waals surface area contributed by atoms with Crippen LogP contribution < -0.4 is 14.8 Å². The van der Waals surface area contributed by atoms with Crippen LogP contribution >= 0.6 is 0 Å². The van der Waals surface area contributed by atoms with Gasteiger partial charge in [-0.1, -0.05) is 19.9 Å². The van der Waals surface area contributed by atoms with E-state index in [0.29, 0.717) is 18.6 Å². The Morgan fingerprint density at radius 2 is 2.00 bits per heavy atom. The Kier molecular flexibility index (Phi) is 6.93. The summed E-state index contributed by atoms with van der Waals surface area (Å²) >= 11 is 0. The molecule has 1 fully saturated rings.